The first-order valence-corrected chi connectivity index (χ1v) is 3.66. The smallest absolute Gasteiger partial charge is 0.330 e. The van der Waals surface area contributed by atoms with Crippen molar-refractivity contribution < 1.29 is 13.2 Å². The summed E-state index contributed by atoms with van der Waals surface area (Å²) in [5, 5.41) is 0. The molecule has 0 aromatic heterocycles. The molecule has 2 unspecified atom stereocenters. The van der Waals surface area contributed by atoms with Gasteiger partial charge in [-0.2, -0.15) is 13.2 Å². The van der Waals surface area contributed by atoms with Gasteiger partial charge in [0, 0.05) is 0 Å². The molecule has 0 heterocycles. The van der Waals surface area contributed by atoms with Gasteiger partial charge in [0.25, 0.3) is 0 Å². The van der Waals surface area contributed by atoms with Crippen molar-refractivity contribution in [3.05, 3.63) is 0 Å². The summed E-state index contributed by atoms with van der Waals surface area (Å²) in [7, 11) is 0. The van der Waals surface area contributed by atoms with Crippen LogP contribution in [0.4, 0.5) is 13.2 Å². The summed E-state index contributed by atoms with van der Waals surface area (Å²) < 4.78 is 35.9. The van der Waals surface area contributed by atoms with Gasteiger partial charge in [0.1, 0.15) is 0 Å². The van der Waals surface area contributed by atoms with Gasteiger partial charge < -0.3 is 5.73 Å². The molecular formula is C7H14F3N. The van der Waals surface area contributed by atoms with E-state index in [0.29, 0.717) is 13.0 Å². The summed E-state index contributed by atoms with van der Waals surface area (Å²) in [5.74, 6) is -1.62. The third-order valence-electron chi connectivity index (χ3n) is 1.99. The standard InChI is InChI=1S/C7H14F3N/c1-5(3-4-11)6(2)7(8,9)10/h5-6H,3-4,11H2,1-2H3. The largest absolute Gasteiger partial charge is 0.391 e. The molecule has 0 aromatic rings. The summed E-state index contributed by atoms with van der Waals surface area (Å²) in [6.07, 6.45) is -3.64. The van der Waals surface area contributed by atoms with Crippen molar-refractivity contribution in [2.75, 3.05) is 6.54 Å². The van der Waals surface area contributed by atoms with Crippen molar-refractivity contribution >= 4 is 0 Å². The number of rotatable bonds is 3. The van der Waals surface area contributed by atoms with E-state index < -0.39 is 12.1 Å². The topological polar surface area (TPSA) is 26.0 Å². The molecule has 0 radical (unpaired) electrons. The predicted molar refractivity (Wildman–Crippen MR) is 38.1 cm³/mol. The van der Waals surface area contributed by atoms with Gasteiger partial charge in [0.05, 0.1) is 5.92 Å². The first-order chi connectivity index (χ1) is 4.89. The maximum Gasteiger partial charge on any atom is 0.391 e. The highest BCUT2D eigenvalue weighted by molar-refractivity contribution is 4.69. The van der Waals surface area contributed by atoms with E-state index in [4.69, 9.17) is 5.73 Å². The third kappa shape index (κ3) is 3.60. The van der Waals surface area contributed by atoms with Crippen molar-refractivity contribution in [1.82, 2.24) is 0 Å². The van der Waals surface area contributed by atoms with Gasteiger partial charge >= 0.3 is 6.18 Å². The van der Waals surface area contributed by atoms with Crippen LogP contribution in [-0.4, -0.2) is 12.7 Å². The fourth-order valence-corrected chi connectivity index (χ4v) is 0.836. The molecule has 0 saturated heterocycles. The molecule has 0 fully saturated rings. The Hall–Kier alpha value is -0.250. The zero-order chi connectivity index (χ0) is 9.07. The van der Waals surface area contributed by atoms with E-state index in [1.807, 2.05) is 0 Å². The number of halogens is 3. The van der Waals surface area contributed by atoms with Crippen LogP contribution in [0.25, 0.3) is 0 Å². The lowest BCUT2D eigenvalue weighted by atomic mass is 9.92. The Kier molecular flexibility index (Phi) is 3.86. The second-order valence-corrected chi connectivity index (χ2v) is 2.88. The number of nitrogens with two attached hydrogens (primary N) is 1. The van der Waals surface area contributed by atoms with E-state index in [9.17, 15) is 13.2 Å². The summed E-state index contributed by atoms with van der Waals surface area (Å²) in [4.78, 5) is 0. The zero-order valence-corrected chi connectivity index (χ0v) is 6.78. The second kappa shape index (κ2) is 3.95. The number of alkyl halides is 3. The van der Waals surface area contributed by atoms with Crippen LogP contribution in [0.1, 0.15) is 20.3 Å². The Labute approximate surface area is 64.8 Å². The average molecular weight is 169 g/mol. The first kappa shape index (κ1) is 10.8. The molecule has 4 heteroatoms. The molecular weight excluding hydrogens is 155 g/mol. The highest BCUT2D eigenvalue weighted by Crippen LogP contribution is 2.32. The maximum absolute atomic E-state index is 12.0. The number of hydrogen-bond donors (Lipinski definition) is 1. The predicted octanol–water partition coefficient (Wildman–Crippen LogP) is 2.17. The molecule has 0 aliphatic heterocycles. The molecule has 2 N–H and O–H groups in total. The molecule has 0 aliphatic carbocycles. The van der Waals surface area contributed by atoms with E-state index in [2.05, 4.69) is 0 Å². The van der Waals surface area contributed by atoms with Crippen LogP contribution in [0.15, 0.2) is 0 Å². The van der Waals surface area contributed by atoms with E-state index in [-0.39, 0.29) is 5.92 Å². The maximum atomic E-state index is 12.0. The van der Waals surface area contributed by atoms with Crippen molar-refractivity contribution in [2.24, 2.45) is 17.6 Å². The minimum absolute atomic E-state index is 0.321. The minimum atomic E-state index is -4.07. The Bertz CT molecular complexity index is 111. The summed E-state index contributed by atoms with van der Waals surface area (Å²) >= 11 is 0. The Morgan fingerprint density at radius 2 is 1.73 bits per heavy atom. The van der Waals surface area contributed by atoms with E-state index in [1.54, 1.807) is 6.92 Å². The lowest BCUT2D eigenvalue weighted by molar-refractivity contribution is -0.182. The van der Waals surface area contributed by atoms with Gasteiger partial charge in [-0.3, -0.25) is 0 Å². The van der Waals surface area contributed by atoms with Crippen molar-refractivity contribution in [3.63, 3.8) is 0 Å². The lowest BCUT2D eigenvalue weighted by Gasteiger charge is -2.21. The highest BCUT2D eigenvalue weighted by atomic mass is 19.4. The van der Waals surface area contributed by atoms with Gasteiger partial charge in [-0.1, -0.05) is 13.8 Å². The van der Waals surface area contributed by atoms with Gasteiger partial charge in [0.2, 0.25) is 0 Å². The average Bonchev–Trinajstić information content (AvgIpc) is 1.85. The van der Waals surface area contributed by atoms with Gasteiger partial charge in [0.15, 0.2) is 0 Å². The SMILES string of the molecule is CC(CCN)C(C)C(F)(F)F. The van der Waals surface area contributed by atoms with Crippen LogP contribution in [0.2, 0.25) is 0 Å². The third-order valence-corrected chi connectivity index (χ3v) is 1.99. The fraction of sp³-hybridized carbons (Fsp3) is 1.00. The quantitative estimate of drug-likeness (QED) is 0.688. The van der Waals surface area contributed by atoms with Crippen molar-refractivity contribution in [2.45, 2.75) is 26.4 Å². The summed E-state index contributed by atoms with van der Waals surface area (Å²) in [6, 6.07) is 0. The highest BCUT2D eigenvalue weighted by Gasteiger charge is 2.38. The lowest BCUT2D eigenvalue weighted by Crippen LogP contribution is -2.27. The Morgan fingerprint density at radius 3 is 2.00 bits per heavy atom. The van der Waals surface area contributed by atoms with Crippen LogP contribution in [-0.2, 0) is 0 Å². The molecule has 2 atom stereocenters. The molecule has 0 amide bonds. The molecule has 0 saturated carbocycles. The summed E-state index contributed by atoms with van der Waals surface area (Å²) in [6.45, 7) is 3.09. The van der Waals surface area contributed by atoms with Crippen molar-refractivity contribution in [3.8, 4) is 0 Å². The summed E-state index contributed by atoms with van der Waals surface area (Å²) in [5.41, 5.74) is 5.14. The number of hydrogen-bond acceptors (Lipinski definition) is 1. The molecule has 0 rings (SSSR count). The molecule has 0 bridgehead atoms. The fourth-order valence-electron chi connectivity index (χ4n) is 0.836. The first-order valence-electron chi connectivity index (χ1n) is 3.66. The Morgan fingerprint density at radius 1 is 1.27 bits per heavy atom. The molecule has 0 aromatic carbocycles. The van der Waals surface area contributed by atoms with Crippen LogP contribution in [0, 0.1) is 11.8 Å². The van der Waals surface area contributed by atoms with E-state index in [1.165, 1.54) is 6.92 Å². The zero-order valence-electron chi connectivity index (χ0n) is 6.78. The van der Waals surface area contributed by atoms with Crippen molar-refractivity contribution in [1.29, 1.82) is 0 Å². The molecule has 0 spiro atoms. The van der Waals surface area contributed by atoms with Crippen LogP contribution < -0.4 is 5.73 Å². The van der Waals surface area contributed by atoms with E-state index in [0.717, 1.165) is 0 Å². The Balaban J connectivity index is 3.91. The normalized spacial score (nSPS) is 18.0. The molecule has 0 aliphatic rings. The van der Waals surface area contributed by atoms with Crippen LogP contribution in [0.3, 0.4) is 0 Å². The molecule has 11 heavy (non-hydrogen) atoms. The second-order valence-electron chi connectivity index (χ2n) is 2.88. The van der Waals surface area contributed by atoms with Gasteiger partial charge in [-0.15, -0.1) is 0 Å². The van der Waals surface area contributed by atoms with Gasteiger partial charge in [-0.25, -0.2) is 0 Å². The van der Waals surface area contributed by atoms with Crippen LogP contribution >= 0.6 is 0 Å². The van der Waals surface area contributed by atoms with E-state index >= 15 is 0 Å². The van der Waals surface area contributed by atoms with Gasteiger partial charge in [-0.05, 0) is 18.9 Å². The molecule has 68 valence electrons. The minimum Gasteiger partial charge on any atom is -0.330 e. The van der Waals surface area contributed by atoms with Crippen LogP contribution in [0.5, 0.6) is 0 Å². The molecule has 1 nitrogen and oxygen atoms in total. The monoisotopic (exact) mass is 169 g/mol.